The Bertz CT molecular complexity index is 2400. The first-order chi connectivity index (χ1) is 23.0. The number of nitrogens with zero attached hydrogens (tertiary/aromatic N) is 7. The van der Waals surface area contributed by atoms with Gasteiger partial charge in [-0.3, -0.25) is 0 Å². The summed E-state index contributed by atoms with van der Waals surface area (Å²) in [5.41, 5.74) is -20.1. The summed E-state index contributed by atoms with van der Waals surface area (Å²) < 4.78 is 164. The molecule has 0 radical (unpaired) electrons. The first-order valence-corrected chi connectivity index (χ1v) is 12.5. The topological polar surface area (TPSA) is 167 Å². The van der Waals surface area contributed by atoms with Crippen molar-refractivity contribution in [2.24, 2.45) is 0 Å². The van der Waals surface area contributed by atoms with Crippen LogP contribution in [0.1, 0.15) is 61.2 Å². The van der Waals surface area contributed by atoms with Gasteiger partial charge >= 0.3 is 24.7 Å². The Morgan fingerprint density at radius 3 is 1.04 bits per heavy atom. The van der Waals surface area contributed by atoms with Crippen molar-refractivity contribution in [1.29, 1.82) is 36.8 Å². The molecule has 0 amide bonds. The first kappa shape index (κ1) is 37.4. The highest BCUT2D eigenvalue weighted by atomic mass is 19.4. The highest BCUT2D eigenvalue weighted by molar-refractivity contribution is 5.85. The fraction of sp³-hybridized carbons (Fsp3) is 0.129. The molecular weight excluding hydrogens is 698 g/mol. The average Bonchev–Trinajstić information content (AvgIpc) is 3.02. The Balaban J connectivity index is 2.78. The molecule has 0 aliphatic rings. The minimum atomic E-state index is -5.77. The van der Waals surface area contributed by atoms with Crippen molar-refractivity contribution >= 4 is 11.1 Å². The molecule has 0 aliphatic heterocycles. The van der Waals surface area contributed by atoms with Crippen molar-refractivity contribution in [2.45, 2.75) is 24.7 Å². The van der Waals surface area contributed by atoms with Crippen LogP contribution in [0.3, 0.4) is 0 Å². The molecule has 248 valence electrons. The lowest BCUT2D eigenvalue weighted by molar-refractivity contribution is -0.162. The highest BCUT2D eigenvalue weighted by Gasteiger charge is 2.45. The van der Waals surface area contributed by atoms with E-state index >= 15 is 0 Å². The van der Waals surface area contributed by atoms with Crippen molar-refractivity contribution in [2.75, 3.05) is 0 Å². The van der Waals surface area contributed by atoms with Gasteiger partial charge in [0, 0.05) is 21.6 Å². The van der Waals surface area contributed by atoms with Gasteiger partial charge in [-0.1, -0.05) is 0 Å². The molecule has 0 heterocycles. The van der Waals surface area contributed by atoms with E-state index in [-0.39, 0.29) is 24.3 Å². The zero-order chi connectivity index (χ0) is 38.1. The van der Waals surface area contributed by atoms with Gasteiger partial charge in [-0.2, -0.15) is 89.5 Å². The molecule has 0 saturated carbocycles. The van der Waals surface area contributed by atoms with Gasteiger partial charge in [-0.15, -0.1) is 0 Å². The SMILES string of the molecule is N#C/C(c1cc(C(F)(F)F)c(C(F)(F)F)cc1C#N)=c1/cc(C#N)/c(=C(\C#N)c2cc(C(F)(F)F)c(C(F)(F)F)cc2C#N)c(C#N)c1C#N. The van der Waals surface area contributed by atoms with E-state index in [2.05, 4.69) is 0 Å². The number of rotatable bonds is 2. The molecule has 0 bridgehead atoms. The predicted octanol–water partition coefficient (Wildman–Crippen LogP) is 6.57. The van der Waals surface area contributed by atoms with E-state index in [9.17, 15) is 89.5 Å². The van der Waals surface area contributed by atoms with E-state index in [0.29, 0.717) is 6.07 Å². The summed E-state index contributed by atoms with van der Waals surface area (Å²) in [7, 11) is 0. The standard InChI is InChI=1S/C31H5F12N7/c32-28(33,34)23-2-13(6-44)16(4-25(23)30(38,39)40)19(9-47)18-1-15(8-46)27(22(12-50)20(18)10-48)21(11-49)17-5-26(31(41,42)43)24(29(35,36)37)3-14(17)7-45/h1-5H/b19-18+,27-21-. The Hall–Kier alpha value is -7.01. The smallest absolute Gasteiger partial charge is 0.192 e. The van der Waals surface area contributed by atoms with Crippen molar-refractivity contribution in [1.82, 2.24) is 0 Å². The highest BCUT2D eigenvalue weighted by Crippen LogP contribution is 2.44. The molecule has 0 saturated heterocycles. The van der Waals surface area contributed by atoms with E-state index in [0.717, 1.165) is 6.07 Å². The van der Waals surface area contributed by atoms with Crippen LogP contribution in [0.25, 0.3) is 11.1 Å². The number of benzene rings is 3. The van der Waals surface area contributed by atoms with Crippen LogP contribution in [-0.2, 0) is 24.7 Å². The largest absolute Gasteiger partial charge is 0.417 e. The summed E-state index contributed by atoms with van der Waals surface area (Å²) >= 11 is 0. The number of hydrogen-bond acceptors (Lipinski definition) is 7. The van der Waals surface area contributed by atoms with E-state index < -0.39 is 107 Å². The Morgan fingerprint density at radius 2 is 0.740 bits per heavy atom. The summed E-state index contributed by atoms with van der Waals surface area (Å²) in [6.45, 7) is 0. The van der Waals surface area contributed by atoms with Gasteiger partial charge in [0.25, 0.3) is 0 Å². The Morgan fingerprint density at radius 1 is 0.400 bits per heavy atom. The summed E-state index contributed by atoms with van der Waals surface area (Å²) in [6, 6.07) is 8.26. The first-order valence-electron chi connectivity index (χ1n) is 12.5. The minimum Gasteiger partial charge on any atom is -0.192 e. The van der Waals surface area contributed by atoms with Crippen LogP contribution in [0.2, 0.25) is 0 Å². The lowest BCUT2D eigenvalue weighted by Crippen LogP contribution is -2.27. The molecule has 0 atom stereocenters. The average molecular weight is 703 g/mol. The van der Waals surface area contributed by atoms with Crippen LogP contribution in [0.4, 0.5) is 52.7 Å². The predicted molar refractivity (Wildman–Crippen MR) is 138 cm³/mol. The van der Waals surface area contributed by atoms with Crippen LogP contribution in [0.5, 0.6) is 0 Å². The third kappa shape index (κ3) is 6.69. The van der Waals surface area contributed by atoms with Crippen molar-refractivity contribution in [3.05, 3.63) is 102 Å². The Labute approximate surface area is 270 Å². The molecule has 0 N–H and O–H groups in total. The van der Waals surface area contributed by atoms with Gasteiger partial charge in [0.2, 0.25) is 0 Å². The van der Waals surface area contributed by atoms with Gasteiger partial charge < -0.3 is 0 Å². The lowest BCUT2D eigenvalue weighted by atomic mass is 9.87. The maximum atomic E-state index is 13.8. The van der Waals surface area contributed by atoms with Crippen molar-refractivity contribution in [3.63, 3.8) is 0 Å². The summed E-state index contributed by atoms with van der Waals surface area (Å²) in [5, 5.41) is 66.7. The Kier molecular flexibility index (Phi) is 9.65. The maximum Gasteiger partial charge on any atom is 0.417 e. The molecule has 3 aromatic carbocycles. The number of halogens is 12. The van der Waals surface area contributed by atoms with Crippen LogP contribution < -0.4 is 10.4 Å². The zero-order valence-corrected chi connectivity index (χ0v) is 23.6. The van der Waals surface area contributed by atoms with Crippen molar-refractivity contribution in [3.8, 4) is 42.5 Å². The molecule has 50 heavy (non-hydrogen) atoms. The van der Waals surface area contributed by atoms with Crippen LogP contribution in [0, 0.1) is 79.3 Å². The molecular formula is C31H5F12N7. The van der Waals surface area contributed by atoms with E-state index in [1.165, 1.54) is 36.4 Å². The fourth-order valence-electron chi connectivity index (χ4n) is 4.71. The minimum absolute atomic E-state index is 0.250. The van der Waals surface area contributed by atoms with Crippen LogP contribution in [0.15, 0.2) is 30.3 Å². The zero-order valence-electron chi connectivity index (χ0n) is 23.6. The second kappa shape index (κ2) is 12.9. The second-order valence-corrected chi connectivity index (χ2v) is 9.51. The number of nitriles is 7. The normalized spacial score (nSPS) is 12.9. The van der Waals surface area contributed by atoms with Crippen LogP contribution in [-0.4, -0.2) is 0 Å². The fourth-order valence-corrected chi connectivity index (χ4v) is 4.71. The maximum absolute atomic E-state index is 13.8. The summed E-state index contributed by atoms with van der Waals surface area (Å²) in [4.78, 5) is 0. The van der Waals surface area contributed by atoms with E-state index in [4.69, 9.17) is 0 Å². The van der Waals surface area contributed by atoms with E-state index in [1.54, 1.807) is 0 Å². The number of alkyl halides is 12. The molecule has 0 unspecified atom stereocenters. The molecule has 0 aromatic heterocycles. The summed E-state index contributed by atoms with van der Waals surface area (Å²) in [6.07, 6.45) is -22.9. The van der Waals surface area contributed by atoms with Gasteiger partial charge in [0.15, 0.2) is 0 Å². The molecule has 0 aliphatic carbocycles. The van der Waals surface area contributed by atoms with Crippen LogP contribution >= 0.6 is 0 Å². The van der Waals surface area contributed by atoms with E-state index in [1.807, 2.05) is 0 Å². The molecule has 0 fully saturated rings. The monoisotopic (exact) mass is 703 g/mol. The lowest BCUT2D eigenvalue weighted by Gasteiger charge is -2.18. The van der Waals surface area contributed by atoms with Gasteiger partial charge in [-0.25, -0.2) is 0 Å². The van der Waals surface area contributed by atoms with Gasteiger partial charge in [-0.05, 0) is 30.3 Å². The van der Waals surface area contributed by atoms with Gasteiger partial charge in [0.05, 0.1) is 79.4 Å². The quantitative estimate of drug-likeness (QED) is 0.272. The molecule has 3 rings (SSSR count). The number of hydrogen-bond donors (Lipinski definition) is 0. The molecule has 7 nitrogen and oxygen atoms in total. The third-order valence-corrected chi connectivity index (χ3v) is 6.73. The molecule has 0 spiro atoms. The molecule has 3 aromatic rings. The third-order valence-electron chi connectivity index (χ3n) is 6.73. The van der Waals surface area contributed by atoms with Gasteiger partial charge in [0.1, 0.15) is 24.3 Å². The van der Waals surface area contributed by atoms with Crippen molar-refractivity contribution < 1.29 is 52.7 Å². The summed E-state index contributed by atoms with van der Waals surface area (Å²) in [5.74, 6) is 0. The molecule has 19 heteroatoms. The second-order valence-electron chi connectivity index (χ2n) is 9.51.